The zero-order chi connectivity index (χ0) is 21.3. The van der Waals surface area contributed by atoms with E-state index in [0.717, 1.165) is 29.7 Å². The molecule has 156 valence electrons. The fraction of sp³-hybridized carbons (Fsp3) is 0.240. The maximum atomic E-state index is 12.7. The fourth-order valence-electron chi connectivity index (χ4n) is 3.46. The van der Waals surface area contributed by atoms with Crippen LogP contribution < -0.4 is 15.4 Å². The van der Waals surface area contributed by atoms with Crippen LogP contribution in [0.25, 0.3) is 0 Å². The Kier molecular flexibility index (Phi) is 7.89. The van der Waals surface area contributed by atoms with Crippen molar-refractivity contribution in [3.05, 3.63) is 101 Å². The summed E-state index contributed by atoms with van der Waals surface area (Å²) in [6, 6.07) is 25.2. The normalized spacial score (nSPS) is 12.8. The van der Waals surface area contributed by atoms with E-state index in [0.29, 0.717) is 5.02 Å². The lowest BCUT2D eigenvalue weighted by atomic mass is 9.96. The minimum absolute atomic E-state index is 0.0214. The number of carbonyl (C=O) groups is 1. The van der Waals surface area contributed by atoms with Crippen molar-refractivity contribution < 1.29 is 9.53 Å². The molecule has 0 saturated heterocycles. The van der Waals surface area contributed by atoms with Crippen LogP contribution in [0.2, 0.25) is 5.02 Å². The van der Waals surface area contributed by atoms with Gasteiger partial charge in [0.15, 0.2) is 0 Å². The molecule has 0 aliphatic rings. The van der Waals surface area contributed by atoms with Gasteiger partial charge in [-0.1, -0.05) is 66.2 Å². The lowest BCUT2D eigenvalue weighted by Gasteiger charge is -2.26. The molecule has 30 heavy (non-hydrogen) atoms. The molecule has 0 aromatic heterocycles. The number of methoxy groups -OCH3 is 1. The average molecular weight is 423 g/mol. The molecule has 3 aromatic rings. The van der Waals surface area contributed by atoms with Gasteiger partial charge in [0.2, 0.25) is 5.91 Å². The monoisotopic (exact) mass is 422 g/mol. The number of benzene rings is 3. The van der Waals surface area contributed by atoms with Crippen molar-refractivity contribution in [3.8, 4) is 5.75 Å². The van der Waals surface area contributed by atoms with E-state index in [1.165, 1.54) is 5.56 Å². The third-order valence-electron chi connectivity index (χ3n) is 5.16. The second kappa shape index (κ2) is 10.8. The molecule has 3 rings (SSSR count). The topological polar surface area (TPSA) is 50.4 Å². The molecule has 0 fully saturated rings. The summed E-state index contributed by atoms with van der Waals surface area (Å²) in [5.74, 6) is 0.777. The van der Waals surface area contributed by atoms with Gasteiger partial charge < -0.3 is 10.1 Å². The summed E-state index contributed by atoms with van der Waals surface area (Å²) in [6.45, 7) is 0. The summed E-state index contributed by atoms with van der Waals surface area (Å²) in [7, 11) is 3.33. The van der Waals surface area contributed by atoms with Crippen LogP contribution in [0, 0.1) is 0 Å². The number of halogens is 1. The molecule has 0 aliphatic carbocycles. The second-order valence-corrected chi connectivity index (χ2v) is 7.55. The van der Waals surface area contributed by atoms with Gasteiger partial charge in [-0.25, -0.2) is 0 Å². The van der Waals surface area contributed by atoms with Crippen LogP contribution >= 0.6 is 11.6 Å². The van der Waals surface area contributed by atoms with E-state index >= 15 is 0 Å². The van der Waals surface area contributed by atoms with Crippen molar-refractivity contribution in [2.75, 3.05) is 14.2 Å². The fourth-order valence-corrected chi connectivity index (χ4v) is 3.58. The summed E-state index contributed by atoms with van der Waals surface area (Å²) in [4.78, 5) is 12.7. The van der Waals surface area contributed by atoms with Crippen molar-refractivity contribution in [1.82, 2.24) is 10.6 Å². The first-order chi connectivity index (χ1) is 14.6. The Morgan fingerprint density at radius 2 is 1.60 bits per heavy atom. The smallest absolute Gasteiger partial charge is 0.241 e. The standard InChI is InChI=1S/C25H27ClN2O2/c1-27-25(29)24(20-6-4-3-5-7-20)28-23(19-11-13-21(26)14-12-19)17-10-18-8-15-22(30-2)16-9-18/h3-9,11-16,23-24,28H,10,17H2,1-2H3,(H,27,29)/t23-,24?/m0/s1. The predicted molar refractivity (Wildman–Crippen MR) is 122 cm³/mol. The van der Waals surface area contributed by atoms with E-state index in [-0.39, 0.29) is 11.9 Å². The van der Waals surface area contributed by atoms with Gasteiger partial charge in [-0.3, -0.25) is 10.1 Å². The van der Waals surface area contributed by atoms with Gasteiger partial charge in [-0.05, 0) is 53.8 Å². The highest BCUT2D eigenvalue weighted by Gasteiger charge is 2.24. The highest BCUT2D eigenvalue weighted by molar-refractivity contribution is 6.30. The van der Waals surface area contributed by atoms with E-state index in [1.807, 2.05) is 66.7 Å². The largest absolute Gasteiger partial charge is 0.497 e. The number of nitrogens with one attached hydrogen (secondary N) is 2. The zero-order valence-corrected chi connectivity index (χ0v) is 18.0. The number of amides is 1. The Hall–Kier alpha value is -2.82. The Morgan fingerprint density at radius 1 is 0.933 bits per heavy atom. The first kappa shape index (κ1) is 21.9. The first-order valence-electron chi connectivity index (χ1n) is 10.0. The van der Waals surface area contributed by atoms with Crippen LogP contribution in [0.5, 0.6) is 5.75 Å². The Bertz CT molecular complexity index is 928. The van der Waals surface area contributed by atoms with Crippen LogP contribution in [0.1, 0.15) is 35.2 Å². The maximum Gasteiger partial charge on any atom is 0.241 e. The average Bonchev–Trinajstić information content (AvgIpc) is 2.80. The molecule has 2 atom stereocenters. The molecule has 5 heteroatoms. The Labute approximate surface area is 183 Å². The molecular weight excluding hydrogens is 396 g/mol. The van der Waals surface area contributed by atoms with E-state index in [2.05, 4.69) is 22.8 Å². The van der Waals surface area contributed by atoms with E-state index < -0.39 is 6.04 Å². The lowest BCUT2D eigenvalue weighted by Crippen LogP contribution is -2.38. The summed E-state index contributed by atoms with van der Waals surface area (Å²) in [5, 5.41) is 7.04. The van der Waals surface area contributed by atoms with Gasteiger partial charge >= 0.3 is 0 Å². The molecule has 0 spiro atoms. The van der Waals surface area contributed by atoms with Crippen LogP contribution in [-0.2, 0) is 11.2 Å². The van der Waals surface area contributed by atoms with Gasteiger partial charge in [0.1, 0.15) is 11.8 Å². The first-order valence-corrected chi connectivity index (χ1v) is 10.4. The number of hydrogen-bond acceptors (Lipinski definition) is 3. The Balaban J connectivity index is 1.83. The van der Waals surface area contributed by atoms with Crippen LogP contribution in [0.3, 0.4) is 0 Å². The molecule has 0 saturated carbocycles. The number of carbonyl (C=O) groups excluding carboxylic acids is 1. The molecule has 0 bridgehead atoms. The van der Waals surface area contributed by atoms with Crippen LogP contribution in [0.15, 0.2) is 78.9 Å². The number of hydrogen-bond donors (Lipinski definition) is 2. The molecule has 0 heterocycles. The molecule has 0 radical (unpaired) electrons. The van der Waals surface area contributed by atoms with Gasteiger partial charge in [0.05, 0.1) is 7.11 Å². The van der Waals surface area contributed by atoms with Gasteiger partial charge in [0, 0.05) is 18.1 Å². The molecular formula is C25H27ClN2O2. The van der Waals surface area contributed by atoms with Crippen molar-refractivity contribution in [1.29, 1.82) is 0 Å². The molecule has 1 amide bonds. The molecule has 3 aromatic carbocycles. The number of rotatable bonds is 9. The summed E-state index contributed by atoms with van der Waals surface area (Å²) >= 11 is 6.10. The third-order valence-corrected chi connectivity index (χ3v) is 5.41. The highest BCUT2D eigenvalue weighted by Crippen LogP contribution is 2.26. The number of ether oxygens (including phenoxy) is 1. The summed E-state index contributed by atoms with van der Waals surface area (Å²) in [6.07, 6.45) is 1.69. The van der Waals surface area contributed by atoms with Crippen LogP contribution in [0.4, 0.5) is 0 Å². The predicted octanol–water partition coefficient (Wildman–Crippen LogP) is 5.10. The minimum Gasteiger partial charge on any atom is -0.497 e. The quantitative estimate of drug-likeness (QED) is 0.504. The van der Waals surface area contributed by atoms with Gasteiger partial charge in [-0.2, -0.15) is 0 Å². The van der Waals surface area contributed by atoms with Crippen molar-refractivity contribution in [2.24, 2.45) is 0 Å². The second-order valence-electron chi connectivity index (χ2n) is 7.12. The van der Waals surface area contributed by atoms with Crippen LogP contribution in [-0.4, -0.2) is 20.1 Å². The lowest BCUT2D eigenvalue weighted by molar-refractivity contribution is -0.123. The molecule has 4 nitrogen and oxygen atoms in total. The zero-order valence-electron chi connectivity index (χ0n) is 17.3. The molecule has 1 unspecified atom stereocenters. The molecule has 0 aliphatic heterocycles. The van der Waals surface area contributed by atoms with Crippen molar-refractivity contribution >= 4 is 17.5 Å². The van der Waals surface area contributed by atoms with Gasteiger partial charge in [-0.15, -0.1) is 0 Å². The van der Waals surface area contributed by atoms with E-state index in [9.17, 15) is 4.79 Å². The Morgan fingerprint density at radius 3 is 2.20 bits per heavy atom. The molecule has 2 N–H and O–H groups in total. The van der Waals surface area contributed by atoms with E-state index in [4.69, 9.17) is 16.3 Å². The number of likely N-dealkylation sites (N-methyl/N-ethyl adjacent to an activating group) is 1. The minimum atomic E-state index is -0.451. The van der Waals surface area contributed by atoms with Gasteiger partial charge in [0.25, 0.3) is 0 Å². The van der Waals surface area contributed by atoms with Crippen molar-refractivity contribution in [3.63, 3.8) is 0 Å². The van der Waals surface area contributed by atoms with E-state index in [1.54, 1.807) is 14.2 Å². The summed E-state index contributed by atoms with van der Waals surface area (Å²) < 4.78 is 5.25. The third kappa shape index (κ3) is 5.85. The summed E-state index contributed by atoms with van der Waals surface area (Å²) in [5.41, 5.74) is 3.24. The maximum absolute atomic E-state index is 12.7. The number of aryl methyl sites for hydroxylation is 1. The van der Waals surface area contributed by atoms with Crippen molar-refractivity contribution in [2.45, 2.75) is 24.9 Å². The highest BCUT2D eigenvalue weighted by atomic mass is 35.5. The SMILES string of the molecule is CNC(=O)C(N[C@@H](CCc1ccc(OC)cc1)c1ccc(Cl)cc1)c1ccccc1.